The van der Waals surface area contributed by atoms with Crippen molar-refractivity contribution in [3.05, 3.63) is 47.0 Å². The van der Waals surface area contributed by atoms with Crippen molar-refractivity contribution in [3.8, 4) is 5.69 Å². The molecule has 0 aliphatic carbocycles. The Morgan fingerprint density at radius 3 is 2.88 bits per heavy atom. The van der Waals surface area contributed by atoms with Gasteiger partial charge >= 0.3 is 0 Å². The minimum absolute atomic E-state index is 0.328. The van der Waals surface area contributed by atoms with Crippen LogP contribution in [0.25, 0.3) is 5.69 Å². The van der Waals surface area contributed by atoms with Crippen molar-refractivity contribution in [2.24, 2.45) is 5.73 Å². The van der Waals surface area contributed by atoms with Crippen LogP contribution in [0.15, 0.2) is 30.6 Å². The first-order valence-corrected chi connectivity index (χ1v) is 5.28. The molecule has 0 aliphatic rings. The molecular formula is C11H11ClFN3. The largest absolute Gasteiger partial charge is 0.330 e. The smallest absolute Gasteiger partial charge is 0.149 e. The van der Waals surface area contributed by atoms with E-state index in [0.717, 1.165) is 5.56 Å². The van der Waals surface area contributed by atoms with Crippen molar-refractivity contribution in [1.82, 2.24) is 9.78 Å². The summed E-state index contributed by atoms with van der Waals surface area (Å²) in [4.78, 5) is 0. The SMILES string of the molecule is NCCc1cccc(F)c1-n1cc(Cl)cn1. The summed E-state index contributed by atoms with van der Waals surface area (Å²) in [5.74, 6) is -0.328. The fourth-order valence-electron chi connectivity index (χ4n) is 1.60. The molecule has 0 unspecified atom stereocenters. The Morgan fingerprint density at radius 1 is 1.44 bits per heavy atom. The van der Waals surface area contributed by atoms with Crippen molar-refractivity contribution in [2.45, 2.75) is 6.42 Å². The molecule has 0 amide bonds. The molecule has 0 bridgehead atoms. The second kappa shape index (κ2) is 4.63. The number of nitrogens with zero attached hydrogens (tertiary/aromatic N) is 2. The van der Waals surface area contributed by atoms with Gasteiger partial charge in [0.15, 0.2) is 0 Å². The summed E-state index contributed by atoms with van der Waals surface area (Å²) in [6.45, 7) is 0.464. The average Bonchev–Trinajstić information content (AvgIpc) is 2.65. The van der Waals surface area contributed by atoms with Crippen LogP contribution in [0.5, 0.6) is 0 Å². The van der Waals surface area contributed by atoms with E-state index in [1.807, 2.05) is 6.07 Å². The fourth-order valence-corrected chi connectivity index (χ4v) is 1.73. The molecule has 2 N–H and O–H groups in total. The van der Waals surface area contributed by atoms with E-state index in [2.05, 4.69) is 5.10 Å². The van der Waals surface area contributed by atoms with Gasteiger partial charge in [0.05, 0.1) is 11.2 Å². The fraction of sp³-hybridized carbons (Fsp3) is 0.182. The summed E-state index contributed by atoms with van der Waals surface area (Å²) in [5, 5.41) is 4.47. The van der Waals surface area contributed by atoms with E-state index in [1.165, 1.54) is 16.9 Å². The number of aromatic nitrogens is 2. The Hall–Kier alpha value is -1.39. The maximum atomic E-state index is 13.7. The molecule has 1 heterocycles. The number of halogens is 2. The van der Waals surface area contributed by atoms with E-state index in [4.69, 9.17) is 17.3 Å². The van der Waals surface area contributed by atoms with E-state index in [1.54, 1.807) is 12.3 Å². The molecule has 2 rings (SSSR count). The molecule has 84 valence electrons. The second-order valence-electron chi connectivity index (χ2n) is 3.39. The molecule has 1 aromatic heterocycles. The van der Waals surface area contributed by atoms with Gasteiger partial charge in [0.1, 0.15) is 11.5 Å². The highest BCUT2D eigenvalue weighted by Crippen LogP contribution is 2.20. The third-order valence-electron chi connectivity index (χ3n) is 2.26. The van der Waals surface area contributed by atoms with Gasteiger partial charge in [-0.2, -0.15) is 5.10 Å². The van der Waals surface area contributed by atoms with Gasteiger partial charge in [-0.25, -0.2) is 9.07 Å². The number of nitrogens with two attached hydrogens (primary N) is 1. The standard InChI is InChI=1S/C11H11ClFN3/c12-9-6-15-16(7-9)11-8(4-5-14)2-1-3-10(11)13/h1-3,6-7H,4-5,14H2. The van der Waals surface area contributed by atoms with Crippen molar-refractivity contribution >= 4 is 11.6 Å². The summed E-state index contributed by atoms with van der Waals surface area (Å²) in [7, 11) is 0. The van der Waals surface area contributed by atoms with Gasteiger partial charge in [0.25, 0.3) is 0 Å². The Labute approximate surface area is 97.6 Å². The van der Waals surface area contributed by atoms with E-state index in [9.17, 15) is 4.39 Å². The molecular weight excluding hydrogens is 229 g/mol. The molecule has 0 atom stereocenters. The van der Waals surface area contributed by atoms with Crippen LogP contribution in [-0.4, -0.2) is 16.3 Å². The quantitative estimate of drug-likeness (QED) is 0.892. The molecule has 0 radical (unpaired) electrons. The maximum absolute atomic E-state index is 13.7. The highest BCUT2D eigenvalue weighted by Gasteiger charge is 2.10. The summed E-state index contributed by atoms with van der Waals surface area (Å²) in [6, 6.07) is 4.89. The summed E-state index contributed by atoms with van der Waals surface area (Å²) < 4.78 is 15.2. The van der Waals surface area contributed by atoms with Gasteiger partial charge in [-0.1, -0.05) is 23.7 Å². The van der Waals surface area contributed by atoms with Crippen LogP contribution >= 0.6 is 11.6 Å². The minimum Gasteiger partial charge on any atom is -0.330 e. The molecule has 0 fully saturated rings. The molecule has 16 heavy (non-hydrogen) atoms. The molecule has 5 heteroatoms. The van der Waals surface area contributed by atoms with E-state index in [0.29, 0.717) is 23.7 Å². The summed E-state index contributed by atoms with van der Waals surface area (Å²) in [6.07, 6.45) is 3.64. The van der Waals surface area contributed by atoms with Crippen molar-refractivity contribution in [3.63, 3.8) is 0 Å². The lowest BCUT2D eigenvalue weighted by Gasteiger charge is -2.09. The monoisotopic (exact) mass is 239 g/mol. The van der Waals surface area contributed by atoms with Crippen molar-refractivity contribution in [1.29, 1.82) is 0 Å². The van der Waals surface area contributed by atoms with Crippen molar-refractivity contribution in [2.75, 3.05) is 6.54 Å². The van der Waals surface area contributed by atoms with E-state index in [-0.39, 0.29) is 5.82 Å². The van der Waals surface area contributed by atoms with Gasteiger partial charge in [0, 0.05) is 6.20 Å². The highest BCUT2D eigenvalue weighted by atomic mass is 35.5. The van der Waals surface area contributed by atoms with E-state index < -0.39 is 0 Å². The number of para-hydroxylation sites is 1. The average molecular weight is 240 g/mol. The van der Waals surface area contributed by atoms with Crippen LogP contribution in [0.2, 0.25) is 5.02 Å². The predicted molar refractivity (Wildman–Crippen MR) is 61.3 cm³/mol. The number of rotatable bonds is 3. The van der Waals surface area contributed by atoms with Crippen LogP contribution in [0.4, 0.5) is 4.39 Å². The predicted octanol–water partition coefficient (Wildman–Crippen LogP) is 2.17. The van der Waals surface area contributed by atoms with Gasteiger partial charge in [-0.3, -0.25) is 0 Å². The molecule has 3 nitrogen and oxygen atoms in total. The van der Waals surface area contributed by atoms with Gasteiger partial charge in [0.2, 0.25) is 0 Å². The third-order valence-corrected chi connectivity index (χ3v) is 2.46. The van der Waals surface area contributed by atoms with Gasteiger partial charge in [-0.15, -0.1) is 0 Å². The first-order chi connectivity index (χ1) is 7.72. The van der Waals surface area contributed by atoms with Crippen molar-refractivity contribution < 1.29 is 4.39 Å². The molecule has 2 aromatic rings. The van der Waals surface area contributed by atoms with Crippen LogP contribution in [0.1, 0.15) is 5.56 Å². The zero-order valence-electron chi connectivity index (χ0n) is 8.53. The molecule has 1 aromatic carbocycles. The highest BCUT2D eigenvalue weighted by molar-refractivity contribution is 6.30. The summed E-state index contributed by atoms with van der Waals surface area (Å²) in [5.41, 5.74) is 6.72. The third kappa shape index (κ3) is 2.08. The lowest BCUT2D eigenvalue weighted by atomic mass is 10.1. The van der Waals surface area contributed by atoms with Crippen LogP contribution in [-0.2, 0) is 6.42 Å². The zero-order valence-corrected chi connectivity index (χ0v) is 9.28. The number of benzene rings is 1. The lowest BCUT2D eigenvalue weighted by Crippen LogP contribution is -2.08. The first-order valence-electron chi connectivity index (χ1n) is 4.90. The molecule has 0 spiro atoms. The lowest BCUT2D eigenvalue weighted by molar-refractivity contribution is 0.607. The van der Waals surface area contributed by atoms with Gasteiger partial charge < -0.3 is 5.73 Å². The Balaban J connectivity index is 2.53. The zero-order chi connectivity index (χ0) is 11.5. The normalized spacial score (nSPS) is 10.7. The number of hydrogen-bond acceptors (Lipinski definition) is 2. The maximum Gasteiger partial charge on any atom is 0.149 e. The Kier molecular flexibility index (Phi) is 3.22. The second-order valence-corrected chi connectivity index (χ2v) is 3.83. The summed E-state index contributed by atoms with van der Waals surface area (Å²) >= 11 is 5.76. The molecule has 0 saturated carbocycles. The minimum atomic E-state index is -0.328. The Morgan fingerprint density at radius 2 is 2.25 bits per heavy atom. The van der Waals surface area contributed by atoms with Crippen LogP contribution < -0.4 is 5.73 Å². The molecule has 0 aliphatic heterocycles. The topological polar surface area (TPSA) is 43.8 Å². The van der Waals surface area contributed by atoms with Gasteiger partial charge in [-0.05, 0) is 24.6 Å². The van der Waals surface area contributed by atoms with Crippen LogP contribution in [0, 0.1) is 5.82 Å². The molecule has 0 saturated heterocycles. The van der Waals surface area contributed by atoms with Crippen LogP contribution in [0.3, 0.4) is 0 Å². The Bertz CT molecular complexity index is 496. The first kappa shape index (κ1) is 11.1. The van der Waals surface area contributed by atoms with E-state index >= 15 is 0 Å². The number of hydrogen-bond donors (Lipinski definition) is 1.